The molecule has 0 fully saturated rings. The van der Waals surface area contributed by atoms with Crippen LogP contribution in [0.15, 0.2) is 18.2 Å². The molecule has 1 aliphatic rings. The van der Waals surface area contributed by atoms with Crippen LogP contribution in [0.25, 0.3) is 0 Å². The molecule has 4 heteroatoms. The van der Waals surface area contributed by atoms with E-state index in [1.54, 1.807) is 7.11 Å². The zero-order chi connectivity index (χ0) is 13.7. The van der Waals surface area contributed by atoms with Crippen LogP contribution >= 0.6 is 0 Å². The number of carbonyl (C=O) groups is 1. The van der Waals surface area contributed by atoms with Gasteiger partial charge in [0.2, 0.25) is 5.91 Å². The third kappa shape index (κ3) is 3.47. The van der Waals surface area contributed by atoms with Gasteiger partial charge in [-0.15, -0.1) is 0 Å². The van der Waals surface area contributed by atoms with E-state index in [0.29, 0.717) is 6.42 Å². The van der Waals surface area contributed by atoms with Crippen LogP contribution < -0.4 is 10.6 Å². The van der Waals surface area contributed by atoms with E-state index < -0.39 is 0 Å². The summed E-state index contributed by atoms with van der Waals surface area (Å²) >= 11 is 0. The van der Waals surface area contributed by atoms with E-state index in [1.165, 1.54) is 5.56 Å². The Bertz CT molecular complexity index is 446. The van der Waals surface area contributed by atoms with Crippen molar-refractivity contribution in [3.63, 3.8) is 0 Å². The number of nitrogen functional groups attached to an aromatic ring is 1. The molecule has 1 aromatic rings. The molecule has 19 heavy (non-hydrogen) atoms. The summed E-state index contributed by atoms with van der Waals surface area (Å²) in [6.07, 6.45) is 4.40. The number of fused-ring (bicyclic) bond motifs is 1. The van der Waals surface area contributed by atoms with Crippen LogP contribution in [0.5, 0.6) is 0 Å². The van der Waals surface area contributed by atoms with E-state index in [9.17, 15) is 4.79 Å². The van der Waals surface area contributed by atoms with E-state index in [0.717, 1.165) is 50.2 Å². The van der Waals surface area contributed by atoms with Gasteiger partial charge in [0.05, 0.1) is 0 Å². The molecule has 1 heterocycles. The first-order valence-corrected chi connectivity index (χ1v) is 6.90. The Morgan fingerprint density at radius 2 is 2.16 bits per heavy atom. The Kier molecular flexibility index (Phi) is 4.80. The number of methoxy groups -OCH3 is 1. The van der Waals surface area contributed by atoms with Gasteiger partial charge in [-0.2, -0.15) is 0 Å². The number of nitrogens with zero attached hydrogens (tertiary/aromatic N) is 1. The molecule has 1 amide bonds. The lowest BCUT2D eigenvalue weighted by Crippen LogP contribution is -2.31. The maximum absolute atomic E-state index is 12.2. The fourth-order valence-electron chi connectivity index (χ4n) is 2.53. The van der Waals surface area contributed by atoms with E-state index in [2.05, 4.69) is 0 Å². The first-order chi connectivity index (χ1) is 9.22. The van der Waals surface area contributed by atoms with Crippen LogP contribution in [-0.4, -0.2) is 26.2 Å². The third-order valence-electron chi connectivity index (χ3n) is 3.51. The van der Waals surface area contributed by atoms with Crippen molar-refractivity contribution < 1.29 is 9.53 Å². The predicted octanol–water partition coefficient (Wildman–Crippen LogP) is 2.36. The number of carbonyl (C=O) groups excluding carboxylic acids is 1. The van der Waals surface area contributed by atoms with Gasteiger partial charge >= 0.3 is 0 Å². The summed E-state index contributed by atoms with van der Waals surface area (Å²) in [5.74, 6) is 0.223. The standard InChI is InChI=1S/C15H22N2O2/c1-19-10-3-2-9-17-14-8-7-13(16)11-12(14)5-4-6-15(17)18/h7-8,11H,2-6,9-10,16H2,1H3. The molecule has 0 aromatic heterocycles. The molecule has 0 radical (unpaired) electrons. The molecular weight excluding hydrogens is 240 g/mol. The van der Waals surface area contributed by atoms with Gasteiger partial charge in [-0.3, -0.25) is 4.79 Å². The highest BCUT2D eigenvalue weighted by atomic mass is 16.5. The maximum atomic E-state index is 12.2. The summed E-state index contributed by atoms with van der Waals surface area (Å²) in [4.78, 5) is 14.1. The zero-order valence-corrected chi connectivity index (χ0v) is 11.5. The summed E-state index contributed by atoms with van der Waals surface area (Å²) in [5.41, 5.74) is 8.83. The van der Waals surface area contributed by atoms with Gasteiger partial charge in [0, 0.05) is 38.1 Å². The molecule has 1 aromatic carbocycles. The molecule has 2 rings (SSSR count). The van der Waals surface area contributed by atoms with Crippen molar-refractivity contribution in [2.24, 2.45) is 0 Å². The Morgan fingerprint density at radius 1 is 1.32 bits per heavy atom. The Morgan fingerprint density at radius 3 is 2.95 bits per heavy atom. The van der Waals surface area contributed by atoms with Gasteiger partial charge in [-0.1, -0.05) is 0 Å². The predicted molar refractivity (Wildman–Crippen MR) is 77.3 cm³/mol. The summed E-state index contributed by atoms with van der Waals surface area (Å²) in [7, 11) is 1.70. The minimum Gasteiger partial charge on any atom is -0.399 e. The van der Waals surface area contributed by atoms with Gasteiger partial charge in [-0.05, 0) is 49.4 Å². The van der Waals surface area contributed by atoms with Crippen LogP contribution in [0.4, 0.5) is 11.4 Å². The average Bonchev–Trinajstić information content (AvgIpc) is 2.54. The third-order valence-corrected chi connectivity index (χ3v) is 3.51. The molecular formula is C15H22N2O2. The highest BCUT2D eigenvalue weighted by Crippen LogP contribution is 2.29. The molecule has 0 bridgehead atoms. The van der Waals surface area contributed by atoms with Crippen LogP contribution in [0.2, 0.25) is 0 Å². The minimum atomic E-state index is 0.223. The number of hydrogen-bond acceptors (Lipinski definition) is 3. The second-order valence-corrected chi connectivity index (χ2v) is 4.99. The number of benzene rings is 1. The molecule has 104 valence electrons. The highest BCUT2D eigenvalue weighted by Gasteiger charge is 2.21. The second-order valence-electron chi connectivity index (χ2n) is 4.99. The van der Waals surface area contributed by atoms with Gasteiger partial charge in [0.25, 0.3) is 0 Å². The number of aryl methyl sites for hydroxylation is 1. The number of hydrogen-bond donors (Lipinski definition) is 1. The second kappa shape index (κ2) is 6.57. The molecule has 0 unspecified atom stereocenters. The van der Waals surface area contributed by atoms with E-state index in [4.69, 9.17) is 10.5 Å². The first-order valence-electron chi connectivity index (χ1n) is 6.90. The van der Waals surface area contributed by atoms with Gasteiger partial charge in [0.15, 0.2) is 0 Å². The first kappa shape index (κ1) is 13.9. The van der Waals surface area contributed by atoms with Crippen LogP contribution in [0.3, 0.4) is 0 Å². The minimum absolute atomic E-state index is 0.223. The summed E-state index contributed by atoms with van der Waals surface area (Å²) in [5, 5.41) is 0. The lowest BCUT2D eigenvalue weighted by molar-refractivity contribution is -0.118. The Balaban J connectivity index is 2.13. The largest absolute Gasteiger partial charge is 0.399 e. The van der Waals surface area contributed by atoms with Crippen LogP contribution in [0.1, 0.15) is 31.2 Å². The summed E-state index contributed by atoms with van der Waals surface area (Å²) in [6.45, 7) is 1.51. The van der Waals surface area contributed by atoms with Crippen molar-refractivity contribution in [3.8, 4) is 0 Å². The molecule has 0 spiro atoms. The lowest BCUT2D eigenvalue weighted by atomic mass is 10.1. The highest BCUT2D eigenvalue weighted by molar-refractivity contribution is 5.95. The average molecular weight is 262 g/mol. The van der Waals surface area contributed by atoms with Gasteiger partial charge in [-0.25, -0.2) is 0 Å². The van der Waals surface area contributed by atoms with Crippen LogP contribution in [-0.2, 0) is 16.0 Å². The van der Waals surface area contributed by atoms with Crippen molar-refractivity contribution in [3.05, 3.63) is 23.8 Å². The fourth-order valence-corrected chi connectivity index (χ4v) is 2.53. The van der Waals surface area contributed by atoms with Crippen molar-refractivity contribution >= 4 is 17.3 Å². The van der Waals surface area contributed by atoms with Gasteiger partial charge < -0.3 is 15.4 Å². The SMILES string of the molecule is COCCCCN1C(=O)CCCc2cc(N)ccc21. The normalized spacial score (nSPS) is 15.2. The Labute approximate surface area is 114 Å². The molecule has 1 aliphatic heterocycles. The summed E-state index contributed by atoms with van der Waals surface area (Å²) in [6, 6.07) is 5.85. The van der Waals surface area contributed by atoms with Crippen molar-refractivity contribution in [1.82, 2.24) is 0 Å². The van der Waals surface area contributed by atoms with Crippen molar-refractivity contribution in [1.29, 1.82) is 0 Å². The van der Waals surface area contributed by atoms with Crippen molar-refractivity contribution in [2.75, 3.05) is 30.9 Å². The summed E-state index contributed by atoms with van der Waals surface area (Å²) < 4.78 is 5.05. The molecule has 4 nitrogen and oxygen atoms in total. The lowest BCUT2D eigenvalue weighted by Gasteiger charge is -2.23. The number of ether oxygens (including phenoxy) is 1. The number of unbranched alkanes of at least 4 members (excludes halogenated alkanes) is 1. The topological polar surface area (TPSA) is 55.6 Å². The smallest absolute Gasteiger partial charge is 0.226 e. The monoisotopic (exact) mass is 262 g/mol. The molecule has 0 atom stereocenters. The van der Waals surface area contributed by atoms with E-state index >= 15 is 0 Å². The number of anilines is 2. The fraction of sp³-hybridized carbons (Fsp3) is 0.533. The maximum Gasteiger partial charge on any atom is 0.226 e. The number of amides is 1. The van der Waals surface area contributed by atoms with Gasteiger partial charge in [0.1, 0.15) is 0 Å². The molecule has 2 N–H and O–H groups in total. The zero-order valence-electron chi connectivity index (χ0n) is 11.5. The molecule has 0 saturated heterocycles. The van der Waals surface area contributed by atoms with E-state index in [1.807, 2.05) is 23.1 Å². The van der Waals surface area contributed by atoms with Crippen molar-refractivity contribution in [2.45, 2.75) is 32.1 Å². The molecule has 0 aliphatic carbocycles. The van der Waals surface area contributed by atoms with Crippen LogP contribution in [0, 0.1) is 0 Å². The van der Waals surface area contributed by atoms with E-state index in [-0.39, 0.29) is 5.91 Å². The Hall–Kier alpha value is -1.55. The molecule has 0 saturated carbocycles. The quantitative estimate of drug-likeness (QED) is 0.654. The number of nitrogens with two attached hydrogens (primary N) is 1. The number of rotatable bonds is 5.